The second-order valence-electron chi connectivity index (χ2n) is 6.84. The van der Waals surface area contributed by atoms with Crippen LogP contribution in [0.2, 0.25) is 0 Å². The molecule has 3 N–H and O–H groups in total. The predicted octanol–water partition coefficient (Wildman–Crippen LogP) is 2.48. The molecular weight excluding hydrogens is 260 g/mol. The number of amides is 1. The lowest BCUT2D eigenvalue weighted by Gasteiger charge is -2.32. The van der Waals surface area contributed by atoms with Gasteiger partial charge in [0.2, 0.25) is 5.91 Å². The quantitative estimate of drug-likeness (QED) is 0.834. The van der Waals surface area contributed by atoms with Crippen molar-refractivity contribution in [2.45, 2.75) is 64.0 Å². The first-order valence-electron chi connectivity index (χ1n) is 7.70. The third-order valence-electron chi connectivity index (χ3n) is 5.60. The Morgan fingerprint density at radius 3 is 2.74 bits per heavy atom. The minimum Gasteiger partial charge on any atom is -0.353 e. The SMILES string of the molecule is CC(N)CCC(=O)NC1CC2CC1C1CCCC21.Cl. The molecule has 0 aromatic rings. The molecule has 2 bridgehead atoms. The number of nitrogens with one attached hydrogen (secondary N) is 1. The third-order valence-corrected chi connectivity index (χ3v) is 5.60. The summed E-state index contributed by atoms with van der Waals surface area (Å²) < 4.78 is 0. The van der Waals surface area contributed by atoms with E-state index in [0.29, 0.717) is 12.5 Å². The lowest BCUT2D eigenvalue weighted by molar-refractivity contribution is -0.122. The highest BCUT2D eigenvalue weighted by atomic mass is 35.5. The molecule has 1 amide bonds. The molecule has 3 aliphatic carbocycles. The van der Waals surface area contributed by atoms with Crippen LogP contribution in [0.3, 0.4) is 0 Å². The van der Waals surface area contributed by atoms with Crippen LogP contribution in [-0.4, -0.2) is 18.0 Å². The predicted molar refractivity (Wildman–Crippen MR) is 79.1 cm³/mol. The zero-order valence-electron chi connectivity index (χ0n) is 11.8. The van der Waals surface area contributed by atoms with Crippen LogP contribution in [0.15, 0.2) is 0 Å². The number of halogens is 1. The molecule has 6 atom stereocenters. The smallest absolute Gasteiger partial charge is 0.220 e. The average molecular weight is 287 g/mol. The van der Waals surface area contributed by atoms with E-state index in [1.54, 1.807) is 0 Å². The number of nitrogens with two attached hydrogens (primary N) is 1. The van der Waals surface area contributed by atoms with Crippen molar-refractivity contribution in [3.8, 4) is 0 Å². The molecule has 0 aromatic carbocycles. The summed E-state index contributed by atoms with van der Waals surface area (Å²) in [6.07, 6.45) is 8.32. The first kappa shape index (κ1) is 15.1. The van der Waals surface area contributed by atoms with Gasteiger partial charge in [0.15, 0.2) is 0 Å². The molecule has 3 fully saturated rings. The van der Waals surface area contributed by atoms with Gasteiger partial charge in [-0.2, -0.15) is 0 Å². The summed E-state index contributed by atoms with van der Waals surface area (Å²) in [5.41, 5.74) is 5.70. The van der Waals surface area contributed by atoms with Crippen molar-refractivity contribution in [3.63, 3.8) is 0 Å². The van der Waals surface area contributed by atoms with Gasteiger partial charge in [-0.3, -0.25) is 4.79 Å². The molecule has 3 rings (SSSR count). The van der Waals surface area contributed by atoms with Crippen molar-refractivity contribution < 1.29 is 4.79 Å². The van der Waals surface area contributed by atoms with Crippen molar-refractivity contribution in [1.29, 1.82) is 0 Å². The minimum atomic E-state index is 0. The van der Waals surface area contributed by atoms with Gasteiger partial charge in [-0.1, -0.05) is 6.42 Å². The molecule has 3 nitrogen and oxygen atoms in total. The molecule has 0 aliphatic heterocycles. The molecule has 4 heteroatoms. The van der Waals surface area contributed by atoms with Crippen LogP contribution in [0.4, 0.5) is 0 Å². The fraction of sp³-hybridized carbons (Fsp3) is 0.933. The van der Waals surface area contributed by atoms with Gasteiger partial charge in [0.25, 0.3) is 0 Å². The lowest BCUT2D eigenvalue weighted by Crippen LogP contribution is -2.42. The summed E-state index contributed by atoms with van der Waals surface area (Å²) >= 11 is 0. The number of carbonyl (C=O) groups is 1. The average Bonchev–Trinajstić information content (AvgIpc) is 2.97. The van der Waals surface area contributed by atoms with Gasteiger partial charge in [0.05, 0.1) is 0 Å². The second-order valence-corrected chi connectivity index (χ2v) is 6.84. The highest BCUT2D eigenvalue weighted by Gasteiger charge is 2.53. The van der Waals surface area contributed by atoms with Crippen molar-refractivity contribution in [3.05, 3.63) is 0 Å². The van der Waals surface area contributed by atoms with E-state index >= 15 is 0 Å². The molecule has 110 valence electrons. The Kier molecular flexibility index (Phi) is 4.78. The first-order valence-corrected chi connectivity index (χ1v) is 7.70. The van der Waals surface area contributed by atoms with E-state index < -0.39 is 0 Å². The molecule has 3 saturated carbocycles. The second kappa shape index (κ2) is 6.01. The molecule has 0 heterocycles. The zero-order chi connectivity index (χ0) is 12.7. The van der Waals surface area contributed by atoms with Crippen molar-refractivity contribution in [2.75, 3.05) is 0 Å². The Balaban J connectivity index is 0.00000133. The van der Waals surface area contributed by atoms with E-state index in [0.717, 1.165) is 30.1 Å². The number of hydrogen-bond acceptors (Lipinski definition) is 2. The molecule has 0 saturated heterocycles. The largest absolute Gasteiger partial charge is 0.353 e. The van der Waals surface area contributed by atoms with Crippen LogP contribution in [0.25, 0.3) is 0 Å². The van der Waals surface area contributed by atoms with Gasteiger partial charge in [0, 0.05) is 18.5 Å². The fourth-order valence-corrected chi connectivity index (χ4v) is 4.87. The molecule has 6 unspecified atom stereocenters. The van der Waals surface area contributed by atoms with Gasteiger partial charge in [-0.15, -0.1) is 12.4 Å². The van der Waals surface area contributed by atoms with Crippen LogP contribution in [0.5, 0.6) is 0 Å². The van der Waals surface area contributed by atoms with Crippen LogP contribution in [0.1, 0.15) is 51.9 Å². The summed E-state index contributed by atoms with van der Waals surface area (Å²) in [5.74, 6) is 3.87. The summed E-state index contributed by atoms with van der Waals surface area (Å²) in [6, 6.07) is 0.616. The van der Waals surface area contributed by atoms with Crippen molar-refractivity contribution in [2.24, 2.45) is 29.4 Å². The minimum absolute atomic E-state index is 0. The third kappa shape index (κ3) is 2.92. The van der Waals surface area contributed by atoms with E-state index in [1.807, 2.05) is 6.92 Å². The van der Waals surface area contributed by atoms with Crippen molar-refractivity contribution >= 4 is 18.3 Å². The van der Waals surface area contributed by atoms with Crippen LogP contribution < -0.4 is 11.1 Å². The van der Waals surface area contributed by atoms with E-state index in [9.17, 15) is 4.79 Å². The Hall–Kier alpha value is -0.280. The molecule has 0 radical (unpaired) electrons. The standard InChI is InChI=1S/C15H26N2O.ClH/c1-9(16)5-6-15(18)17-14-8-10-7-13(14)12-4-2-3-11(10)12;/h9-14H,2-8,16H2,1H3,(H,17,18);1H. The Bertz CT molecular complexity index is 334. The maximum atomic E-state index is 11.9. The normalized spacial score (nSPS) is 40.6. The fourth-order valence-electron chi connectivity index (χ4n) is 4.87. The van der Waals surface area contributed by atoms with E-state index in [4.69, 9.17) is 5.73 Å². The van der Waals surface area contributed by atoms with E-state index in [1.165, 1.54) is 32.1 Å². The number of fused-ring (bicyclic) bond motifs is 5. The topological polar surface area (TPSA) is 55.1 Å². The van der Waals surface area contributed by atoms with E-state index in [2.05, 4.69) is 5.32 Å². The van der Waals surface area contributed by atoms with E-state index in [-0.39, 0.29) is 24.4 Å². The highest BCUT2D eigenvalue weighted by Crippen LogP contribution is 2.58. The summed E-state index contributed by atoms with van der Waals surface area (Å²) in [7, 11) is 0. The first-order chi connectivity index (χ1) is 8.65. The summed E-state index contributed by atoms with van der Waals surface area (Å²) in [6.45, 7) is 1.97. The summed E-state index contributed by atoms with van der Waals surface area (Å²) in [5, 5.41) is 3.28. The lowest BCUT2D eigenvalue weighted by atomic mass is 9.79. The maximum Gasteiger partial charge on any atom is 0.220 e. The monoisotopic (exact) mass is 286 g/mol. The summed E-state index contributed by atoms with van der Waals surface area (Å²) in [4.78, 5) is 11.9. The van der Waals surface area contributed by atoms with Crippen LogP contribution in [0, 0.1) is 23.7 Å². The van der Waals surface area contributed by atoms with Gasteiger partial charge < -0.3 is 11.1 Å². The van der Waals surface area contributed by atoms with Gasteiger partial charge >= 0.3 is 0 Å². The molecule has 0 aromatic heterocycles. The molecule has 3 aliphatic rings. The maximum absolute atomic E-state index is 11.9. The highest BCUT2D eigenvalue weighted by molar-refractivity contribution is 5.85. The van der Waals surface area contributed by atoms with Crippen molar-refractivity contribution in [1.82, 2.24) is 5.32 Å². The number of carbonyl (C=O) groups excluding carboxylic acids is 1. The van der Waals surface area contributed by atoms with Gasteiger partial charge in [-0.25, -0.2) is 0 Å². The Morgan fingerprint density at radius 1 is 1.26 bits per heavy atom. The molecule has 0 spiro atoms. The Morgan fingerprint density at radius 2 is 2.00 bits per heavy atom. The Labute approximate surface area is 122 Å². The van der Waals surface area contributed by atoms with Gasteiger partial charge in [0.1, 0.15) is 0 Å². The van der Waals surface area contributed by atoms with Gasteiger partial charge in [-0.05, 0) is 62.7 Å². The molecule has 19 heavy (non-hydrogen) atoms. The zero-order valence-corrected chi connectivity index (χ0v) is 12.6. The molecular formula is C15H27ClN2O. The number of hydrogen-bond donors (Lipinski definition) is 2. The van der Waals surface area contributed by atoms with Crippen LogP contribution >= 0.6 is 12.4 Å². The van der Waals surface area contributed by atoms with Crippen LogP contribution in [-0.2, 0) is 4.79 Å². The number of rotatable bonds is 4.